The lowest BCUT2D eigenvalue weighted by Gasteiger charge is -2.12. The number of rotatable bonds is 4. The van der Waals surface area contributed by atoms with Gasteiger partial charge in [-0.2, -0.15) is 0 Å². The standard InChI is InChI=1S/C11H16FN/c1-9-3-5-11(6-4-9)10(2)13-8-7-12/h3-6,10,13H,7-8H2,1-2H3/t10-/m0/s1. The molecule has 0 aromatic heterocycles. The maximum atomic E-state index is 11.9. The highest BCUT2D eigenvalue weighted by atomic mass is 19.1. The Morgan fingerprint density at radius 2 is 1.92 bits per heavy atom. The summed E-state index contributed by atoms with van der Waals surface area (Å²) in [6.45, 7) is 4.22. The third-order valence-corrected chi connectivity index (χ3v) is 2.12. The van der Waals surface area contributed by atoms with Gasteiger partial charge in [0, 0.05) is 12.6 Å². The molecule has 1 nitrogen and oxygen atoms in total. The second-order valence-corrected chi connectivity index (χ2v) is 3.28. The lowest BCUT2D eigenvalue weighted by Crippen LogP contribution is -2.20. The van der Waals surface area contributed by atoms with Crippen molar-refractivity contribution in [2.45, 2.75) is 19.9 Å². The fourth-order valence-corrected chi connectivity index (χ4v) is 1.24. The first-order valence-electron chi connectivity index (χ1n) is 4.60. The van der Waals surface area contributed by atoms with Gasteiger partial charge in [-0.25, -0.2) is 4.39 Å². The van der Waals surface area contributed by atoms with Crippen LogP contribution >= 0.6 is 0 Å². The predicted molar refractivity (Wildman–Crippen MR) is 53.6 cm³/mol. The molecule has 0 spiro atoms. The zero-order valence-corrected chi connectivity index (χ0v) is 8.18. The van der Waals surface area contributed by atoms with E-state index in [4.69, 9.17) is 0 Å². The average molecular weight is 181 g/mol. The lowest BCUT2D eigenvalue weighted by molar-refractivity contribution is 0.444. The highest BCUT2D eigenvalue weighted by molar-refractivity contribution is 5.23. The SMILES string of the molecule is Cc1ccc([C@H](C)NCCF)cc1. The Morgan fingerprint density at radius 3 is 2.46 bits per heavy atom. The van der Waals surface area contributed by atoms with E-state index in [1.807, 2.05) is 6.92 Å². The minimum atomic E-state index is -0.309. The third kappa shape index (κ3) is 3.15. The summed E-state index contributed by atoms with van der Waals surface area (Å²) in [5.74, 6) is 0. The average Bonchev–Trinajstić information content (AvgIpc) is 2.15. The van der Waals surface area contributed by atoms with Gasteiger partial charge < -0.3 is 5.32 Å². The molecule has 0 aliphatic carbocycles. The minimum Gasteiger partial charge on any atom is -0.308 e. The lowest BCUT2D eigenvalue weighted by atomic mass is 10.1. The van der Waals surface area contributed by atoms with Gasteiger partial charge in [-0.15, -0.1) is 0 Å². The fraction of sp³-hybridized carbons (Fsp3) is 0.455. The van der Waals surface area contributed by atoms with Crippen LogP contribution in [-0.2, 0) is 0 Å². The summed E-state index contributed by atoms with van der Waals surface area (Å²) < 4.78 is 11.9. The fourth-order valence-electron chi connectivity index (χ4n) is 1.24. The minimum absolute atomic E-state index is 0.233. The summed E-state index contributed by atoms with van der Waals surface area (Å²) in [6, 6.07) is 8.53. The van der Waals surface area contributed by atoms with Crippen molar-refractivity contribution in [2.24, 2.45) is 0 Å². The van der Waals surface area contributed by atoms with Crippen molar-refractivity contribution in [3.8, 4) is 0 Å². The van der Waals surface area contributed by atoms with Crippen molar-refractivity contribution in [3.05, 3.63) is 35.4 Å². The van der Waals surface area contributed by atoms with Gasteiger partial charge in [-0.1, -0.05) is 29.8 Å². The molecule has 0 radical (unpaired) electrons. The molecule has 1 aromatic carbocycles. The van der Waals surface area contributed by atoms with Crippen LogP contribution in [0.3, 0.4) is 0 Å². The number of benzene rings is 1. The van der Waals surface area contributed by atoms with Gasteiger partial charge in [0.2, 0.25) is 0 Å². The van der Waals surface area contributed by atoms with Gasteiger partial charge in [-0.05, 0) is 19.4 Å². The largest absolute Gasteiger partial charge is 0.308 e. The molecule has 1 atom stereocenters. The molecule has 0 heterocycles. The Hall–Kier alpha value is -0.890. The van der Waals surface area contributed by atoms with E-state index in [9.17, 15) is 4.39 Å². The maximum absolute atomic E-state index is 11.9. The summed E-state index contributed by atoms with van der Waals surface area (Å²) in [5.41, 5.74) is 2.46. The first-order chi connectivity index (χ1) is 6.24. The molecule has 0 unspecified atom stereocenters. The van der Waals surface area contributed by atoms with Crippen LogP contribution in [0.25, 0.3) is 0 Å². The second-order valence-electron chi connectivity index (χ2n) is 3.28. The Bertz CT molecular complexity index is 243. The van der Waals surface area contributed by atoms with Gasteiger partial charge in [0.05, 0.1) is 0 Å². The molecule has 1 aromatic rings. The molecule has 0 amide bonds. The zero-order chi connectivity index (χ0) is 9.68. The Labute approximate surface area is 79.0 Å². The smallest absolute Gasteiger partial charge is 0.102 e. The molecule has 0 saturated heterocycles. The third-order valence-electron chi connectivity index (χ3n) is 2.12. The molecule has 1 rings (SSSR count). The highest BCUT2D eigenvalue weighted by Gasteiger charge is 2.02. The monoisotopic (exact) mass is 181 g/mol. The zero-order valence-electron chi connectivity index (χ0n) is 8.18. The second kappa shape index (κ2) is 4.97. The molecule has 13 heavy (non-hydrogen) atoms. The van der Waals surface area contributed by atoms with Gasteiger partial charge >= 0.3 is 0 Å². The maximum Gasteiger partial charge on any atom is 0.102 e. The van der Waals surface area contributed by atoms with Gasteiger partial charge in [0.25, 0.3) is 0 Å². The van der Waals surface area contributed by atoms with E-state index in [0.717, 1.165) is 0 Å². The van der Waals surface area contributed by atoms with Crippen LogP contribution < -0.4 is 5.32 Å². The van der Waals surface area contributed by atoms with Crippen LogP contribution in [0.1, 0.15) is 24.1 Å². The molecular formula is C11H16FN. The van der Waals surface area contributed by atoms with E-state index in [0.29, 0.717) is 6.54 Å². The molecule has 72 valence electrons. The number of hydrogen-bond acceptors (Lipinski definition) is 1. The van der Waals surface area contributed by atoms with Crippen molar-refractivity contribution < 1.29 is 4.39 Å². The van der Waals surface area contributed by atoms with Crippen molar-refractivity contribution >= 4 is 0 Å². The number of alkyl halides is 1. The van der Waals surface area contributed by atoms with E-state index < -0.39 is 0 Å². The number of aryl methyl sites for hydroxylation is 1. The van der Waals surface area contributed by atoms with Crippen molar-refractivity contribution in [2.75, 3.05) is 13.2 Å². The molecule has 0 aliphatic rings. The van der Waals surface area contributed by atoms with Crippen molar-refractivity contribution in [1.82, 2.24) is 5.32 Å². The van der Waals surface area contributed by atoms with E-state index >= 15 is 0 Å². The van der Waals surface area contributed by atoms with E-state index in [1.165, 1.54) is 11.1 Å². The van der Waals surface area contributed by atoms with E-state index in [1.54, 1.807) is 0 Å². The summed E-state index contributed by atoms with van der Waals surface area (Å²) in [4.78, 5) is 0. The Morgan fingerprint density at radius 1 is 1.31 bits per heavy atom. The molecule has 0 saturated carbocycles. The van der Waals surface area contributed by atoms with Crippen LogP contribution in [-0.4, -0.2) is 13.2 Å². The summed E-state index contributed by atoms with van der Waals surface area (Å²) in [7, 11) is 0. The molecule has 0 fully saturated rings. The number of nitrogens with one attached hydrogen (secondary N) is 1. The molecule has 0 aliphatic heterocycles. The van der Waals surface area contributed by atoms with Crippen LogP contribution in [0.15, 0.2) is 24.3 Å². The predicted octanol–water partition coefficient (Wildman–Crippen LogP) is 2.62. The normalized spacial score (nSPS) is 12.8. The van der Waals surface area contributed by atoms with Gasteiger partial charge in [0.1, 0.15) is 6.67 Å². The summed E-state index contributed by atoms with van der Waals surface area (Å²) >= 11 is 0. The quantitative estimate of drug-likeness (QED) is 0.753. The first kappa shape index (κ1) is 10.2. The van der Waals surface area contributed by atoms with E-state index in [-0.39, 0.29) is 12.7 Å². The molecule has 0 bridgehead atoms. The number of hydrogen-bond donors (Lipinski definition) is 1. The van der Waals surface area contributed by atoms with Crippen molar-refractivity contribution in [1.29, 1.82) is 0 Å². The van der Waals surface area contributed by atoms with Crippen LogP contribution in [0.5, 0.6) is 0 Å². The van der Waals surface area contributed by atoms with Gasteiger partial charge in [-0.3, -0.25) is 0 Å². The topological polar surface area (TPSA) is 12.0 Å². The van der Waals surface area contributed by atoms with Crippen LogP contribution in [0, 0.1) is 6.92 Å². The van der Waals surface area contributed by atoms with Crippen LogP contribution in [0.2, 0.25) is 0 Å². The Kier molecular flexibility index (Phi) is 3.90. The molecule has 1 N–H and O–H groups in total. The first-order valence-corrected chi connectivity index (χ1v) is 4.60. The highest BCUT2D eigenvalue weighted by Crippen LogP contribution is 2.12. The van der Waals surface area contributed by atoms with E-state index in [2.05, 4.69) is 36.5 Å². The Balaban J connectivity index is 2.55. The van der Waals surface area contributed by atoms with Crippen LogP contribution in [0.4, 0.5) is 4.39 Å². The van der Waals surface area contributed by atoms with Crippen molar-refractivity contribution in [3.63, 3.8) is 0 Å². The summed E-state index contributed by atoms with van der Waals surface area (Å²) in [6.07, 6.45) is 0. The molecular weight excluding hydrogens is 165 g/mol. The number of halogens is 1. The molecule has 2 heteroatoms. The van der Waals surface area contributed by atoms with Gasteiger partial charge in [0.15, 0.2) is 0 Å². The summed E-state index contributed by atoms with van der Waals surface area (Å²) in [5, 5.41) is 3.09.